The van der Waals surface area contributed by atoms with Gasteiger partial charge in [-0.2, -0.15) is 8.42 Å². The topological polar surface area (TPSA) is 105 Å². The zero-order valence-electron chi connectivity index (χ0n) is 14.7. The molecule has 0 saturated carbocycles. The van der Waals surface area contributed by atoms with E-state index in [2.05, 4.69) is 9.71 Å². The van der Waals surface area contributed by atoms with Gasteiger partial charge in [-0.3, -0.25) is 4.31 Å². The molecular formula is C15H21N5O4S2. The number of hydrogen-bond donors (Lipinski definition) is 1. The van der Waals surface area contributed by atoms with Crippen LogP contribution in [0.1, 0.15) is 19.9 Å². The molecule has 1 aliphatic rings. The number of rotatable bonds is 6. The summed E-state index contributed by atoms with van der Waals surface area (Å²) in [6, 6.07) is 6.98. The molecule has 1 aromatic heterocycles. The largest absolute Gasteiger partial charge is 0.334 e. The third-order valence-corrected chi connectivity index (χ3v) is 7.34. The number of nitrogens with one attached hydrogen (secondary N) is 1. The molecule has 9 nitrogen and oxygen atoms in total. The Morgan fingerprint density at radius 3 is 2.46 bits per heavy atom. The van der Waals surface area contributed by atoms with E-state index in [-0.39, 0.29) is 24.2 Å². The van der Waals surface area contributed by atoms with Gasteiger partial charge in [0.1, 0.15) is 0 Å². The van der Waals surface area contributed by atoms with Crippen LogP contribution in [0.3, 0.4) is 0 Å². The summed E-state index contributed by atoms with van der Waals surface area (Å²) in [5, 5.41) is -0.0898. The molecule has 0 unspecified atom stereocenters. The third kappa shape index (κ3) is 3.17. The van der Waals surface area contributed by atoms with Gasteiger partial charge in [-0.25, -0.2) is 22.4 Å². The number of para-hydroxylation sites is 2. The van der Waals surface area contributed by atoms with Crippen molar-refractivity contribution in [3.8, 4) is 0 Å². The second-order valence-electron chi connectivity index (χ2n) is 6.19. The molecule has 0 fully saturated rings. The highest BCUT2D eigenvalue weighted by Gasteiger charge is 2.37. The number of aromatic nitrogens is 2. The first kappa shape index (κ1) is 18.7. The van der Waals surface area contributed by atoms with Crippen molar-refractivity contribution in [2.45, 2.75) is 24.9 Å². The van der Waals surface area contributed by atoms with Crippen molar-refractivity contribution in [2.24, 2.45) is 0 Å². The maximum absolute atomic E-state index is 12.5. The fourth-order valence-electron chi connectivity index (χ4n) is 2.67. The number of sulfonamides is 1. The van der Waals surface area contributed by atoms with Crippen LogP contribution in [0.5, 0.6) is 0 Å². The van der Waals surface area contributed by atoms with Gasteiger partial charge >= 0.3 is 10.2 Å². The third-order valence-electron chi connectivity index (χ3n) is 4.17. The number of benzene rings is 1. The summed E-state index contributed by atoms with van der Waals surface area (Å²) in [6.45, 7) is 3.74. The number of fused-ring (bicyclic) bond motifs is 1. The zero-order chi connectivity index (χ0) is 19.1. The van der Waals surface area contributed by atoms with Gasteiger partial charge in [0.2, 0.25) is 0 Å². The van der Waals surface area contributed by atoms with Crippen LogP contribution < -0.4 is 13.3 Å². The summed E-state index contributed by atoms with van der Waals surface area (Å²) >= 11 is 0. The van der Waals surface area contributed by atoms with Crippen LogP contribution in [0.25, 0.3) is 0 Å². The standard InChI is InChI=1S/C15H21N5O4S2/c1-12(2)19-10-15(16-11-19)25(21,22)17-8-9-20-14-7-5-4-6-13(14)18(3)26(20,23)24/h4-7,10-12,17H,8-9H2,1-3H3. The lowest BCUT2D eigenvalue weighted by molar-refractivity contribution is 0.573. The minimum Gasteiger partial charge on any atom is -0.334 e. The molecule has 142 valence electrons. The van der Waals surface area contributed by atoms with Gasteiger partial charge in [0.25, 0.3) is 10.0 Å². The maximum Gasteiger partial charge on any atom is 0.326 e. The van der Waals surface area contributed by atoms with E-state index in [0.717, 1.165) is 0 Å². The van der Waals surface area contributed by atoms with Crippen molar-refractivity contribution in [3.05, 3.63) is 36.8 Å². The number of anilines is 2. The summed E-state index contributed by atoms with van der Waals surface area (Å²) in [5.74, 6) is 0. The van der Waals surface area contributed by atoms with E-state index >= 15 is 0 Å². The highest BCUT2D eigenvalue weighted by molar-refractivity contribution is 7.94. The molecule has 1 aromatic carbocycles. The van der Waals surface area contributed by atoms with Crippen molar-refractivity contribution >= 4 is 31.6 Å². The Bertz CT molecular complexity index is 1010. The Balaban J connectivity index is 1.73. The molecule has 1 N–H and O–H groups in total. The molecule has 11 heteroatoms. The molecule has 2 aromatic rings. The van der Waals surface area contributed by atoms with E-state index < -0.39 is 20.2 Å². The van der Waals surface area contributed by atoms with Crippen molar-refractivity contribution in [2.75, 3.05) is 28.7 Å². The van der Waals surface area contributed by atoms with Crippen molar-refractivity contribution in [1.82, 2.24) is 14.3 Å². The fourth-order valence-corrected chi connectivity index (χ4v) is 5.05. The lowest BCUT2D eigenvalue weighted by atomic mass is 10.2. The van der Waals surface area contributed by atoms with Crippen LogP contribution in [0.4, 0.5) is 11.4 Å². The summed E-state index contributed by atoms with van der Waals surface area (Å²) < 4.78 is 56.2. The Morgan fingerprint density at radius 2 is 1.85 bits per heavy atom. The van der Waals surface area contributed by atoms with E-state index in [9.17, 15) is 16.8 Å². The molecule has 1 aliphatic heterocycles. The predicted molar refractivity (Wildman–Crippen MR) is 98.9 cm³/mol. The number of imidazole rings is 1. The van der Waals surface area contributed by atoms with E-state index in [0.29, 0.717) is 11.4 Å². The molecule has 0 amide bonds. The van der Waals surface area contributed by atoms with Crippen LogP contribution >= 0.6 is 0 Å². The first-order valence-corrected chi connectivity index (χ1v) is 10.9. The van der Waals surface area contributed by atoms with Crippen LogP contribution in [0.2, 0.25) is 0 Å². The number of nitrogens with zero attached hydrogens (tertiary/aromatic N) is 4. The highest BCUT2D eigenvalue weighted by atomic mass is 32.2. The molecule has 0 saturated heterocycles. The van der Waals surface area contributed by atoms with Crippen molar-refractivity contribution < 1.29 is 16.8 Å². The lowest BCUT2D eigenvalue weighted by Gasteiger charge is -2.19. The molecule has 26 heavy (non-hydrogen) atoms. The zero-order valence-corrected chi connectivity index (χ0v) is 16.3. The van der Waals surface area contributed by atoms with E-state index in [1.165, 1.54) is 28.2 Å². The van der Waals surface area contributed by atoms with E-state index in [4.69, 9.17) is 0 Å². The predicted octanol–water partition coefficient (Wildman–Crippen LogP) is 0.944. The molecule has 2 heterocycles. The Kier molecular flexibility index (Phi) is 4.71. The van der Waals surface area contributed by atoms with Gasteiger partial charge in [0.15, 0.2) is 5.03 Å². The average Bonchev–Trinajstić information content (AvgIpc) is 3.15. The molecule has 0 radical (unpaired) electrons. The minimum absolute atomic E-state index is 0.0200. The average molecular weight is 399 g/mol. The molecular weight excluding hydrogens is 378 g/mol. The highest BCUT2D eigenvalue weighted by Crippen LogP contribution is 2.38. The SMILES string of the molecule is CC(C)n1cnc(S(=O)(=O)NCCN2c3ccccc3N(C)S2(=O)=O)c1. The Morgan fingerprint density at radius 1 is 1.19 bits per heavy atom. The summed E-state index contributed by atoms with van der Waals surface area (Å²) in [5.41, 5.74) is 1.09. The van der Waals surface area contributed by atoms with Gasteiger partial charge in [-0.1, -0.05) is 12.1 Å². The quantitative estimate of drug-likeness (QED) is 0.778. The van der Waals surface area contributed by atoms with Crippen LogP contribution in [-0.4, -0.2) is 46.5 Å². The summed E-state index contributed by atoms with van der Waals surface area (Å²) in [7, 11) is -6.04. The Hall–Kier alpha value is -2.11. The summed E-state index contributed by atoms with van der Waals surface area (Å²) in [4.78, 5) is 3.91. The molecule has 0 bridgehead atoms. The summed E-state index contributed by atoms with van der Waals surface area (Å²) in [6.07, 6.45) is 2.90. The van der Waals surface area contributed by atoms with Crippen molar-refractivity contribution in [3.63, 3.8) is 0 Å². The van der Waals surface area contributed by atoms with Gasteiger partial charge in [0.05, 0.1) is 17.7 Å². The monoisotopic (exact) mass is 399 g/mol. The second kappa shape index (κ2) is 6.56. The maximum atomic E-state index is 12.5. The van der Waals surface area contributed by atoms with Crippen LogP contribution in [0.15, 0.2) is 41.8 Å². The van der Waals surface area contributed by atoms with Crippen molar-refractivity contribution in [1.29, 1.82) is 0 Å². The fraction of sp³-hybridized carbons (Fsp3) is 0.400. The normalized spacial score (nSPS) is 16.3. The minimum atomic E-state index is -3.81. The first-order valence-electron chi connectivity index (χ1n) is 8.03. The molecule has 0 atom stereocenters. The van der Waals surface area contributed by atoms with Gasteiger partial charge in [0, 0.05) is 32.4 Å². The first-order chi connectivity index (χ1) is 12.1. The molecule has 0 aliphatic carbocycles. The Labute approximate surface area is 153 Å². The van der Waals surface area contributed by atoms with Crippen LogP contribution in [0, 0.1) is 0 Å². The van der Waals surface area contributed by atoms with Gasteiger partial charge in [-0.15, -0.1) is 0 Å². The second-order valence-corrected chi connectivity index (χ2v) is 9.78. The van der Waals surface area contributed by atoms with Crippen LogP contribution in [-0.2, 0) is 20.2 Å². The van der Waals surface area contributed by atoms with Gasteiger partial charge < -0.3 is 4.57 Å². The molecule has 3 rings (SSSR count). The van der Waals surface area contributed by atoms with Gasteiger partial charge in [-0.05, 0) is 26.0 Å². The smallest absolute Gasteiger partial charge is 0.326 e. The lowest BCUT2D eigenvalue weighted by Crippen LogP contribution is -2.40. The molecule has 0 spiro atoms. The van der Waals surface area contributed by atoms with E-state index in [1.807, 2.05) is 13.8 Å². The van der Waals surface area contributed by atoms with E-state index in [1.54, 1.807) is 28.8 Å². The number of hydrogen-bond acceptors (Lipinski definition) is 5.